The summed E-state index contributed by atoms with van der Waals surface area (Å²) in [6.45, 7) is 7.90. The van der Waals surface area contributed by atoms with Crippen LogP contribution in [-0.2, 0) is 19.1 Å². The van der Waals surface area contributed by atoms with Crippen LogP contribution < -0.4 is 0 Å². The Labute approximate surface area is 138 Å². The third-order valence-corrected chi connectivity index (χ3v) is 3.12. The minimum absolute atomic E-state index is 0.244. The smallest absolute Gasteiger partial charge is 0.322 e. The monoisotopic (exact) mass is 414 g/mol. The Balaban J connectivity index is 3.47. The van der Waals surface area contributed by atoms with E-state index in [4.69, 9.17) is 9.47 Å². The minimum atomic E-state index is -0.621. The molecule has 0 fully saturated rings. The number of ether oxygens (including phenoxy) is 2. The van der Waals surface area contributed by atoms with Crippen LogP contribution in [0.2, 0.25) is 0 Å². The van der Waals surface area contributed by atoms with Gasteiger partial charge >= 0.3 is 11.9 Å². The van der Waals surface area contributed by atoms with Gasteiger partial charge < -0.3 is 9.47 Å². The number of carbonyl (C=O) groups is 2. The van der Waals surface area contributed by atoms with Crippen molar-refractivity contribution in [2.75, 3.05) is 13.2 Å². The van der Waals surface area contributed by atoms with Gasteiger partial charge in [0.25, 0.3) is 0 Å². The first-order chi connectivity index (χ1) is 9.05. The van der Waals surface area contributed by atoms with E-state index in [1.54, 1.807) is 27.7 Å². The summed E-state index contributed by atoms with van der Waals surface area (Å²) >= 11 is 6.50. The van der Waals surface area contributed by atoms with E-state index in [1.807, 2.05) is 0 Å². The predicted octanol–water partition coefficient (Wildman–Crippen LogP) is 3.98. The van der Waals surface area contributed by atoms with Gasteiger partial charge in [0, 0.05) is 0 Å². The molecule has 0 aromatic rings. The van der Waals surface area contributed by atoms with Gasteiger partial charge in [-0.2, -0.15) is 0 Å². The summed E-state index contributed by atoms with van der Waals surface area (Å²) < 4.78 is 8.99. The Hall–Kier alpha value is -0.100. The van der Waals surface area contributed by atoms with E-state index >= 15 is 0 Å². The molecule has 0 unspecified atom stereocenters. The molecule has 0 aromatic heterocycles. The van der Waals surface area contributed by atoms with Gasteiger partial charge in [-0.25, -0.2) is 0 Å². The van der Waals surface area contributed by atoms with Crippen LogP contribution in [-0.4, -0.2) is 33.8 Å². The van der Waals surface area contributed by atoms with Gasteiger partial charge in [0.15, 0.2) is 0 Å². The van der Waals surface area contributed by atoms with Crippen molar-refractivity contribution in [3.8, 4) is 0 Å². The van der Waals surface area contributed by atoms with Crippen molar-refractivity contribution in [3.05, 3.63) is 0 Å². The summed E-state index contributed by atoms with van der Waals surface area (Å²) in [7, 11) is 0. The average molecular weight is 416 g/mol. The third-order valence-electron chi connectivity index (χ3n) is 2.48. The van der Waals surface area contributed by atoms with Crippen molar-refractivity contribution in [1.29, 1.82) is 0 Å². The Kier molecular flexibility index (Phi) is 8.98. The van der Waals surface area contributed by atoms with Crippen LogP contribution in [0.15, 0.2) is 0 Å². The van der Waals surface area contributed by atoms with Crippen molar-refractivity contribution < 1.29 is 19.1 Å². The quantitative estimate of drug-likeness (QED) is 0.324. The maximum atomic E-state index is 11.4. The highest BCUT2D eigenvalue weighted by molar-refractivity contribution is 9.10. The highest BCUT2D eigenvalue weighted by atomic mass is 79.9. The molecule has 0 radical (unpaired) electrons. The van der Waals surface area contributed by atoms with Gasteiger partial charge in [0.2, 0.25) is 0 Å². The lowest BCUT2D eigenvalue weighted by Crippen LogP contribution is -2.27. The summed E-state index contributed by atoms with van der Waals surface area (Å²) in [6.07, 6.45) is 3.55. The largest absolute Gasteiger partial charge is 0.465 e. The molecule has 118 valence electrons. The Morgan fingerprint density at radius 3 is 1.30 bits per heavy atom. The lowest BCUT2D eigenvalue weighted by atomic mass is 10.2. The fraction of sp³-hybridized carbons (Fsp3) is 0.857. The van der Waals surface area contributed by atoms with Gasteiger partial charge in [0.1, 0.15) is 8.65 Å². The number of rotatable bonds is 9. The van der Waals surface area contributed by atoms with E-state index in [0.717, 1.165) is 25.7 Å². The van der Waals surface area contributed by atoms with Crippen LogP contribution >= 0.6 is 31.9 Å². The van der Waals surface area contributed by atoms with Gasteiger partial charge in [-0.05, 0) is 53.4 Å². The van der Waals surface area contributed by atoms with Gasteiger partial charge in [-0.15, -0.1) is 0 Å². The van der Waals surface area contributed by atoms with E-state index in [9.17, 15) is 9.59 Å². The third kappa shape index (κ3) is 9.75. The standard InChI is InChI=1S/C14H24Br2O4/c1-13(2,15)11(17)19-9-7-5-6-8-10-20-12(18)14(3,4)16/h5-10H2,1-4H3. The summed E-state index contributed by atoms with van der Waals surface area (Å²) in [4.78, 5) is 22.9. The maximum Gasteiger partial charge on any atom is 0.322 e. The van der Waals surface area contributed by atoms with Gasteiger partial charge in [0.05, 0.1) is 13.2 Å². The first-order valence-electron chi connectivity index (χ1n) is 6.77. The molecule has 0 heterocycles. The van der Waals surface area contributed by atoms with Gasteiger partial charge in [-0.3, -0.25) is 9.59 Å². The van der Waals surface area contributed by atoms with E-state index in [-0.39, 0.29) is 11.9 Å². The second-order valence-corrected chi connectivity index (χ2v) is 9.60. The highest BCUT2D eigenvalue weighted by Crippen LogP contribution is 2.18. The lowest BCUT2D eigenvalue weighted by molar-refractivity contribution is -0.146. The molecule has 0 N–H and O–H groups in total. The topological polar surface area (TPSA) is 52.6 Å². The average Bonchev–Trinajstić information content (AvgIpc) is 2.29. The molecule has 0 spiro atoms. The first-order valence-corrected chi connectivity index (χ1v) is 8.36. The molecule has 0 rings (SSSR count). The minimum Gasteiger partial charge on any atom is -0.465 e. The summed E-state index contributed by atoms with van der Waals surface area (Å²) in [6, 6.07) is 0. The van der Waals surface area contributed by atoms with Crippen molar-refractivity contribution in [2.24, 2.45) is 0 Å². The molecule has 20 heavy (non-hydrogen) atoms. The Morgan fingerprint density at radius 1 is 0.750 bits per heavy atom. The van der Waals surface area contributed by atoms with E-state index in [1.165, 1.54) is 0 Å². The molecule has 0 amide bonds. The number of hydrogen-bond donors (Lipinski definition) is 0. The Bertz CT molecular complexity index is 284. The molecule has 0 aromatic carbocycles. The second-order valence-electron chi connectivity index (χ2n) is 5.63. The normalized spacial score (nSPS) is 12.1. The van der Waals surface area contributed by atoms with Crippen LogP contribution in [0.1, 0.15) is 53.4 Å². The highest BCUT2D eigenvalue weighted by Gasteiger charge is 2.25. The number of hydrogen-bond acceptors (Lipinski definition) is 4. The molecule has 0 saturated carbocycles. The van der Waals surface area contributed by atoms with Crippen molar-refractivity contribution in [3.63, 3.8) is 0 Å². The molecule has 0 bridgehead atoms. The van der Waals surface area contributed by atoms with E-state index < -0.39 is 8.65 Å². The SMILES string of the molecule is CC(C)(Br)C(=O)OCCCCCCOC(=O)C(C)(C)Br. The van der Waals surface area contributed by atoms with Crippen LogP contribution in [0, 0.1) is 0 Å². The molecule has 0 atom stereocenters. The molecule has 4 nitrogen and oxygen atoms in total. The molecule has 0 saturated heterocycles. The fourth-order valence-corrected chi connectivity index (χ4v) is 1.46. The molecule has 0 aliphatic rings. The van der Waals surface area contributed by atoms with E-state index in [2.05, 4.69) is 31.9 Å². The number of unbranched alkanes of at least 4 members (excludes halogenated alkanes) is 3. The van der Waals surface area contributed by atoms with Crippen LogP contribution in [0.4, 0.5) is 0 Å². The Morgan fingerprint density at radius 2 is 1.05 bits per heavy atom. The van der Waals surface area contributed by atoms with Crippen LogP contribution in [0.25, 0.3) is 0 Å². The number of esters is 2. The number of alkyl halides is 2. The van der Waals surface area contributed by atoms with Gasteiger partial charge in [-0.1, -0.05) is 31.9 Å². The molecule has 0 aliphatic heterocycles. The summed E-state index contributed by atoms with van der Waals surface area (Å²) in [5, 5.41) is 0. The summed E-state index contributed by atoms with van der Waals surface area (Å²) in [5.41, 5.74) is 0. The van der Waals surface area contributed by atoms with Crippen LogP contribution in [0.5, 0.6) is 0 Å². The molecule has 0 aliphatic carbocycles. The maximum absolute atomic E-state index is 11.4. The van der Waals surface area contributed by atoms with Crippen molar-refractivity contribution >= 4 is 43.8 Å². The van der Waals surface area contributed by atoms with Crippen molar-refractivity contribution in [2.45, 2.75) is 62.0 Å². The second kappa shape index (κ2) is 9.03. The number of halogens is 2. The predicted molar refractivity (Wildman–Crippen MR) is 86.4 cm³/mol. The summed E-state index contributed by atoms with van der Waals surface area (Å²) in [5.74, 6) is -0.489. The zero-order valence-electron chi connectivity index (χ0n) is 12.6. The zero-order valence-corrected chi connectivity index (χ0v) is 15.8. The fourth-order valence-electron chi connectivity index (χ4n) is 1.23. The van der Waals surface area contributed by atoms with Crippen LogP contribution in [0.3, 0.4) is 0 Å². The zero-order chi connectivity index (χ0) is 15.8. The van der Waals surface area contributed by atoms with E-state index in [0.29, 0.717) is 13.2 Å². The lowest BCUT2D eigenvalue weighted by Gasteiger charge is -2.15. The first kappa shape index (κ1) is 19.9. The van der Waals surface area contributed by atoms with Crippen molar-refractivity contribution in [1.82, 2.24) is 0 Å². The number of carbonyl (C=O) groups excluding carboxylic acids is 2. The molecular weight excluding hydrogens is 392 g/mol. The molecular formula is C14H24Br2O4. The molecule has 6 heteroatoms.